The van der Waals surface area contributed by atoms with E-state index in [9.17, 15) is 0 Å². The highest BCUT2D eigenvalue weighted by molar-refractivity contribution is 6.31. The predicted octanol–water partition coefficient (Wildman–Crippen LogP) is 2.76. The van der Waals surface area contributed by atoms with Gasteiger partial charge in [0, 0.05) is 7.11 Å². The zero-order valence-corrected chi connectivity index (χ0v) is 11.9. The first-order valence-corrected chi connectivity index (χ1v) is 6.92. The van der Waals surface area contributed by atoms with Gasteiger partial charge >= 0.3 is 0 Å². The Morgan fingerprint density at radius 1 is 1.56 bits per heavy atom. The summed E-state index contributed by atoms with van der Waals surface area (Å²) in [5.74, 6) is 0. The number of aromatic nitrogens is 2. The van der Waals surface area contributed by atoms with Crippen LogP contribution >= 0.6 is 11.6 Å². The molecule has 1 aliphatic rings. The van der Waals surface area contributed by atoms with Crippen LogP contribution in [0.4, 0.5) is 0 Å². The lowest BCUT2D eigenvalue weighted by molar-refractivity contribution is 0.178. The van der Waals surface area contributed by atoms with E-state index in [0.717, 1.165) is 5.69 Å². The van der Waals surface area contributed by atoms with E-state index in [-0.39, 0.29) is 11.5 Å². The highest BCUT2D eigenvalue weighted by atomic mass is 35.5. The van der Waals surface area contributed by atoms with Crippen molar-refractivity contribution in [2.24, 2.45) is 11.1 Å². The fourth-order valence-corrected chi connectivity index (χ4v) is 3.12. The maximum Gasteiger partial charge on any atom is 0.0834 e. The molecule has 1 fully saturated rings. The predicted molar refractivity (Wildman–Crippen MR) is 72.6 cm³/mol. The lowest BCUT2D eigenvalue weighted by atomic mass is 9.79. The van der Waals surface area contributed by atoms with Gasteiger partial charge in [-0.1, -0.05) is 31.4 Å². The van der Waals surface area contributed by atoms with E-state index >= 15 is 0 Å². The largest absolute Gasteiger partial charge is 0.383 e. The van der Waals surface area contributed by atoms with Gasteiger partial charge in [0.15, 0.2) is 0 Å². The highest BCUT2D eigenvalue weighted by Gasteiger charge is 2.38. The number of halogens is 1. The van der Waals surface area contributed by atoms with Crippen LogP contribution in [0.25, 0.3) is 0 Å². The summed E-state index contributed by atoms with van der Waals surface area (Å²) in [5.41, 5.74) is 7.57. The third kappa shape index (κ3) is 2.56. The summed E-state index contributed by atoms with van der Waals surface area (Å²) in [6.45, 7) is 3.57. The number of hydrogen-bond acceptors (Lipinski definition) is 3. The molecule has 1 aromatic heterocycles. The summed E-state index contributed by atoms with van der Waals surface area (Å²) in [4.78, 5) is 0. The topological polar surface area (TPSA) is 53.1 Å². The molecular formula is C13H22ClN3O. The van der Waals surface area contributed by atoms with Crippen LogP contribution in [-0.2, 0) is 11.3 Å². The molecule has 4 nitrogen and oxygen atoms in total. The third-order valence-electron chi connectivity index (χ3n) is 4.13. The first kappa shape index (κ1) is 13.8. The molecule has 2 rings (SSSR count). The molecule has 1 unspecified atom stereocenters. The normalized spacial score (nSPS) is 20.2. The summed E-state index contributed by atoms with van der Waals surface area (Å²) in [6, 6.07) is -0.0492. The van der Waals surface area contributed by atoms with Crippen molar-refractivity contribution < 1.29 is 4.74 Å². The lowest BCUT2D eigenvalue weighted by Gasteiger charge is -2.31. The molecule has 1 saturated carbocycles. The van der Waals surface area contributed by atoms with E-state index in [2.05, 4.69) is 12.0 Å². The molecule has 1 aromatic rings. The minimum atomic E-state index is -0.0492. The van der Waals surface area contributed by atoms with E-state index in [1.165, 1.54) is 25.7 Å². The van der Waals surface area contributed by atoms with Crippen LogP contribution in [0.15, 0.2) is 6.20 Å². The lowest BCUT2D eigenvalue weighted by Crippen LogP contribution is -2.32. The van der Waals surface area contributed by atoms with E-state index in [1.54, 1.807) is 13.3 Å². The van der Waals surface area contributed by atoms with Crippen LogP contribution in [0.3, 0.4) is 0 Å². The van der Waals surface area contributed by atoms with Crippen LogP contribution in [0.1, 0.15) is 44.3 Å². The van der Waals surface area contributed by atoms with Crippen LogP contribution in [0.2, 0.25) is 5.02 Å². The monoisotopic (exact) mass is 271 g/mol. The van der Waals surface area contributed by atoms with Crippen molar-refractivity contribution in [1.29, 1.82) is 0 Å². The van der Waals surface area contributed by atoms with Crippen LogP contribution in [0, 0.1) is 5.41 Å². The second-order valence-corrected chi connectivity index (χ2v) is 5.84. The van der Waals surface area contributed by atoms with Crippen LogP contribution in [0.5, 0.6) is 0 Å². The van der Waals surface area contributed by atoms with Crippen molar-refractivity contribution in [3.63, 3.8) is 0 Å². The van der Waals surface area contributed by atoms with Crippen LogP contribution in [-0.4, -0.2) is 23.5 Å². The van der Waals surface area contributed by atoms with E-state index < -0.39 is 0 Å². The Morgan fingerprint density at radius 2 is 2.22 bits per heavy atom. The van der Waals surface area contributed by atoms with E-state index in [0.29, 0.717) is 18.2 Å². The molecule has 0 aliphatic heterocycles. The quantitative estimate of drug-likeness (QED) is 0.896. The standard InChI is InChI=1S/C13H22ClN3O/c1-13(5-3-4-6-13)12(15)11-10(14)9-16-17(11)7-8-18-2/h9,12H,3-8,15H2,1-2H3. The maximum absolute atomic E-state index is 6.47. The number of methoxy groups -OCH3 is 1. The second-order valence-electron chi connectivity index (χ2n) is 5.43. The number of rotatable bonds is 5. The molecule has 1 atom stereocenters. The van der Waals surface area contributed by atoms with Gasteiger partial charge in [-0.05, 0) is 18.3 Å². The van der Waals surface area contributed by atoms with Gasteiger partial charge < -0.3 is 10.5 Å². The molecule has 5 heteroatoms. The highest BCUT2D eigenvalue weighted by Crippen LogP contribution is 2.47. The van der Waals surface area contributed by atoms with Gasteiger partial charge in [-0.2, -0.15) is 5.10 Å². The van der Waals surface area contributed by atoms with Gasteiger partial charge in [-0.15, -0.1) is 0 Å². The number of nitrogens with two attached hydrogens (primary N) is 1. The van der Waals surface area contributed by atoms with Crippen molar-refractivity contribution >= 4 is 11.6 Å². The Labute approximate surface area is 113 Å². The Balaban J connectivity index is 2.23. The summed E-state index contributed by atoms with van der Waals surface area (Å²) < 4.78 is 6.98. The number of ether oxygens (including phenoxy) is 1. The first-order chi connectivity index (χ1) is 8.58. The molecule has 0 spiro atoms. The molecule has 0 aromatic carbocycles. The zero-order chi connectivity index (χ0) is 13.2. The average Bonchev–Trinajstić information content (AvgIpc) is 2.93. The van der Waals surface area contributed by atoms with Crippen molar-refractivity contribution in [3.8, 4) is 0 Å². The molecule has 0 bridgehead atoms. The molecule has 2 N–H and O–H groups in total. The van der Waals surface area contributed by atoms with Gasteiger partial charge in [0.25, 0.3) is 0 Å². The molecule has 0 amide bonds. The summed E-state index contributed by atoms with van der Waals surface area (Å²) >= 11 is 6.25. The molecule has 1 heterocycles. The average molecular weight is 272 g/mol. The number of nitrogens with zero attached hydrogens (tertiary/aromatic N) is 2. The molecule has 102 valence electrons. The van der Waals surface area contributed by atoms with Crippen LogP contribution < -0.4 is 5.73 Å². The summed E-state index contributed by atoms with van der Waals surface area (Å²) in [7, 11) is 1.68. The van der Waals surface area contributed by atoms with Gasteiger partial charge in [0.05, 0.1) is 36.1 Å². The van der Waals surface area contributed by atoms with Gasteiger partial charge in [0.2, 0.25) is 0 Å². The fourth-order valence-electron chi connectivity index (χ4n) is 2.86. The maximum atomic E-state index is 6.47. The molecule has 18 heavy (non-hydrogen) atoms. The molecule has 0 saturated heterocycles. The SMILES string of the molecule is COCCn1ncc(Cl)c1C(N)C1(C)CCCC1. The third-order valence-corrected chi connectivity index (χ3v) is 4.42. The minimum absolute atomic E-state index is 0.0492. The number of hydrogen-bond donors (Lipinski definition) is 1. The molecular weight excluding hydrogens is 250 g/mol. The molecule has 0 radical (unpaired) electrons. The summed E-state index contributed by atoms with van der Waals surface area (Å²) in [6.07, 6.45) is 6.53. The Hall–Kier alpha value is -0.580. The van der Waals surface area contributed by atoms with E-state index in [1.807, 2.05) is 4.68 Å². The second kappa shape index (κ2) is 5.59. The fraction of sp³-hybridized carbons (Fsp3) is 0.769. The van der Waals surface area contributed by atoms with E-state index in [4.69, 9.17) is 22.1 Å². The van der Waals surface area contributed by atoms with Gasteiger partial charge in [0.1, 0.15) is 0 Å². The first-order valence-electron chi connectivity index (χ1n) is 6.54. The molecule has 1 aliphatic carbocycles. The summed E-state index contributed by atoms with van der Waals surface area (Å²) in [5, 5.41) is 4.97. The van der Waals surface area contributed by atoms with Crippen molar-refractivity contribution in [2.45, 2.75) is 45.2 Å². The van der Waals surface area contributed by atoms with Gasteiger partial charge in [-0.25, -0.2) is 0 Å². The minimum Gasteiger partial charge on any atom is -0.383 e. The smallest absolute Gasteiger partial charge is 0.0834 e. The van der Waals surface area contributed by atoms with Crippen molar-refractivity contribution in [1.82, 2.24) is 9.78 Å². The Bertz CT molecular complexity index is 399. The zero-order valence-electron chi connectivity index (χ0n) is 11.2. The van der Waals surface area contributed by atoms with Crippen molar-refractivity contribution in [2.75, 3.05) is 13.7 Å². The Kier molecular flexibility index (Phi) is 4.30. The Morgan fingerprint density at radius 3 is 2.83 bits per heavy atom. The van der Waals surface area contributed by atoms with Gasteiger partial charge in [-0.3, -0.25) is 4.68 Å². The van der Waals surface area contributed by atoms with Crippen molar-refractivity contribution in [3.05, 3.63) is 16.9 Å².